The lowest BCUT2D eigenvalue weighted by Gasteiger charge is -2.14. The van der Waals surface area contributed by atoms with Gasteiger partial charge in [0.25, 0.3) is 0 Å². The Balaban J connectivity index is 2.02. The van der Waals surface area contributed by atoms with Crippen molar-refractivity contribution in [2.45, 2.75) is 19.9 Å². The Labute approximate surface area is 161 Å². The number of nitrogens with one attached hydrogen (secondary N) is 2. The lowest BCUT2D eigenvalue weighted by atomic mass is 10.1. The minimum absolute atomic E-state index is 0.490. The molecule has 2 N–H and O–H groups in total. The van der Waals surface area contributed by atoms with Gasteiger partial charge in [0.2, 0.25) is 0 Å². The number of methoxy groups -OCH3 is 3. The van der Waals surface area contributed by atoms with Gasteiger partial charge in [-0.2, -0.15) is 0 Å². The van der Waals surface area contributed by atoms with Crippen LogP contribution in [0.25, 0.3) is 0 Å². The van der Waals surface area contributed by atoms with Gasteiger partial charge in [-0.25, -0.2) is 4.99 Å². The first kappa shape index (κ1) is 20.4. The third kappa shape index (κ3) is 5.81. The second kappa shape index (κ2) is 11.0. The highest BCUT2D eigenvalue weighted by atomic mass is 16.5. The molecule has 0 radical (unpaired) electrons. The number of para-hydroxylation sites is 2. The summed E-state index contributed by atoms with van der Waals surface area (Å²) in [6.45, 7) is 4.07. The summed E-state index contributed by atoms with van der Waals surface area (Å²) in [6.07, 6.45) is 0.844. The fourth-order valence-corrected chi connectivity index (χ4v) is 2.81. The molecule has 0 aliphatic heterocycles. The summed E-state index contributed by atoms with van der Waals surface area (Å²) in [7, 11) is 4.97. The summed E-state index contributed by atoms with van der Waals surface area (Å²) in [5.74, 6) is 3.09. The summed E-state index contributed by atoms with van der Waals surface area (Å²) in [6, 6.07) is 13.9. The van der Waals surface area contributed by atoms with Gasteiger partial charge in [0.1, 0.15) is 5.75 Å². The molecule has 0 saturated heterocycles. The van der Waals surface area contributed by atoms with Crippen LogP contribution in [-0.2, 0) is 13.0 Å². The van der Waals surface area contributed by atoms with Gasteiger partial charge in [0, 0.05) is 18.7 Å². The van der Waals surface area contributed by atoms with E-state index in [9.17, 15) is 0 Å². The van der Waals surface area contributed by atoms with Gasteiger partial charge in [-0.3, -0.25) is 0 Å². The van der Waals surface area contributed by atoms with Gasteiger partial charge in [-0.05, 0) is 31.0 Å². The largest absolute Gasteiger partial charge is 0.496 e. The first-order valence-electron chi connectivity index (χ1n) is 9.07. The van der Waals surface area contributed by atoms with E-state index >= 15 is 0 Å². The van der Waals surface area contributed by atoms with E-state index < -0.39 is 0 Å². The maximum absolute atomic E-state index is 5.48. The molecule has 0 atom stereocenters. The Morgan fingerprint density at radius 3 is 2.26 bits per heavy atom. The number of guanidine groups is 1. The molecule has 0 bridgehead atoms. The number of hydrogen-bond donors (Lipinski definition) is 2. The first-order valence-corrected chi connectivity index (χ1v) is 9.07. The van der Waals surface area contributed by atoms with Gasteiger partial charge in [-0.1, -0.05) is 30.3 Å². The van der Waals surface area contributed by atoms with Crippen molar-refractivity contribution < 1.29 is 14.2 Å². The van der Waals surface area contributed by atoms with Crippen molar-refractivity contribution in [2.24, 2.45) is 4.99 Å². The van der Waals surface area contributed by atoms with Gasteiger partial charge in [-0.15, -0.1) is 0 Å². The summed E-state index contributed by atoms with van der Waals surface area (Å²) in [5.41, 5.74) is 2.14. The van der Waals surface area contributed by atoms with Crippen LogP contribution in [0.3, 0.4) is 0 Å². The van der Waals surface area contributed by atoms with Crippen LogP contribution < -0.4 is 24.8 Å². The van der Waals surface area contributed by atoms with Crippen molar-refractivity contribution in [3.05, 3.63) is 53.6 Å². The molecular formula is C21H29N3O3. The van der Waals surface area contributed by atoms with Crippen LogP contribution in [0.15, 0.2) is 47.5 Å². The maximum atomic E-state index is 5.48. The van der Waals surface area contributed by atoms with Crippen LogP contribution in [0, 0.1) is 0 Å². The zero-order valence-corrected chi connectivity index (χ0v) is 16.5. The number of ether oxygens (including phenoxy) is 3. The number of nitrogens with zero attached hydrogens (tertiary/aromatic N) is 1. The molecule has 0 aliphatic carbocycles. The number of aliphatic imine (C=N–C) groups is 1. The predicted octanol–water partition coefficient (Wildman–Crippen LogP) is 3.01. The van der Waals surface area contributed by atoms with E-state index in [4.69, 9.17) is 14.2 Å². The molecule has 27 heavy (non-hydrogen) atoms. The fraction of sp³-hybridized carbons (Fsp3) is 0.381. The van der Waals surface area contributed by atoms with Crippen molar-refractivity contribution in [1.29, 1.82) is 0 Å². The van der Waals surface area contributed by atoms with Crippen LogP contribution in [0.4, 0.5) is 0 Å². The molecule has 6 nitrogen and oxygen atoms in total. The third-order valence-corrected chi connectivity index (χ3v) is 4.12. The summed E-state index contributed by atoms with van der Waals surface area (Å²) < 4.78 is 16.2. The minimum Gasteiger partial charge on any atom is -0.496 e. The maximum Gasteiger partial charge on any atom is 0.191 e. The topological polar surface area (TPSA) is 64.1 Å². The second-order valence-electron chi connectivity index (χ2n) is 5.84. The van der Waals surface area contributed by atoms with E-state index in [-0.39, 0.29) is 0 Å². The number of rotatable bonds is 9. The van der Waals surface area contributed by atoms with E-state index in [2.05, 4.69) is 21.7 Å². The molecular weight excluding hydrogens is 342 g/mol. The Hall–Kier alpha value is -2.89. The quantitative estimate of drug-likeness (QED) is 0.524. The van der Waals surface area contributed by atoms with Gasteiger partial charge in [0.15, 0.2) is 17.5 Å². The monoisotopic (exact) mass is 371 g/mol. The molecule has 0 unspecified atom stereocenters. The minimum atomic E-state index is 0.490. The zero-order chi connectivity index (χ0) is 19.5. The molecule has 2 aromatic carbocycles. The van der Waals surface area contributed by atoms with Crippen molar-refractivity contribution in [1.82, 2.24) is 10.6 Å². The molecule has 0 spiro atoms. The molecule has 2 rings (SSSR count). The van der Waals surface area contributed by atoms with Gasteiger partial charge < -0.3 is 24.8 Å². The highest BCUT2D eigenvalue weighted by Gasteiger charge is 2.09. The number of benzene rings is 2. The third-order valence-electron chi connectivity index (χ3n) is 4.12. The van der Waals surface area contributed by atoms with Crippen LogP contribution in [-0.4, -0.2) is 40.4 Å². The summed E-state index contributed by atoms with van der Waals surface area (Å²) in [5, 5.41) is 6.64. The van der Waals surface area contributed by atoms with Crippen LogP contribution in [0.2, 0.25) is 0 Å². The molecule has 146 valence electrons. The molecule has 0 aliphatic rings. The smallest absolute Gasteiger partial charge is 0.191 e. The van der Waals surface area contributed by atoms with Crippen LogP contribution >= 0.6 is 0 Å². The lowest BCUT2D eigenvalue weighted by molar-refractivity contribution is 0.352. The predicted molar refractivity (Wildman–Crippen MR) is 109 cm³/mol. The average Bonchev–Trinajstić information content (AvgIpc) is 2.71. The van der Waals surface area contributed by atoms with Gasteiger partial charge in [0.05, 0.1) is 27.9 Å². The number of hydrogen-bond acceptors (Lipinski definition) is 4. The molecule has 0 aromatic heterocycles. The SMILES string of the molecule is CCNC(=NCc1cccc(OC)c1OC)NCCc1ccccc1OC. The van der Waals surface area contributed by atoms with Crippen molar-refractivity contribution >= 4 is 5.96 Å². The summed E-state index contributed by atoms with van der Waals surface area (Å²) >= 11 is 0. The molecule has 2 aromatic rings. The molecule has 6 heteroatoms. The molecule has 0 saturated carbocycles. The second-order valence-corrected chi connectivity index (χ2v) is 5.84. The Morgan fingerprint density at radius 1 is 0.852 bits per heavy atom. The molecule has 0 fully saturated rings. The van der Waals surface area contributed by atoms with Crippen molar-refractivity contribution in [3.8, 4) is 17.2 Å². The molecule has 0 amide bonds. The van der Waals surface area contributed by atoms with E-state index in [1.807, 2.05) is 43.3 Å². The highest BCUT2D eigenvalue weighted by Crippen LogP contribution is 2.31. The van der Waals surface area contributed by atoms with E-state index in [1.165, 1.54) is 0 Å². The molecule has 0 heterocycles. The van der Waals surface area contributed by atoms with Gasteiger partial charge >= 0.3 is 0 Å². The van der Waals surface area contributed by atoms with Crippen LogP contribution in [0.1, 0.15) is 18.1 Å². The Bertz CT molecular complexity index is 747. The summed E-state index contributed by atoms with van der Waals surface area (Å²) in [4.78, 5) is 4.67. The normalized spacial score (nSPS) is 11.0. The standard InChI is InChI=1S/C21H29N3O3/c1-5-22-21(23-14-13-16-9-6-7-11-18(16)25-2)24-15-17-10-8-12-19(26-3)20(17)27-4/h6-12H,5,13-15H2,1-4H3,(H2,22,23,24). The first-order chi connectivity index (χ1) is 13.2. The van der Waals surface area contributed by atoms with E-state index in [0.717, 1.165) is 42.3 Å². The highest BCUT2D eigenvalue weighted by molar-refractivity contribution is 5.79. The average molecular weight is 371 g/mol. The Kier molecular flexibility index (Phi) is 8.29. The van der Waals surface area contributed by atoms with Crippen LogP contribution in [0.5, 0.6) is 17.2 Å². The van der Waals surface area contributed by atoms with E-state index in [0.29, 0.717) is 18.0 Å². The lowest BCUT2D eigenvalue weighted by Crippen LogP contribution is -2.38. The zero-order valence-electron chi connectivity index (χ0n) is 16.5. The van der Waals surface area contributed by atoms with E-state index in [1.54, 1.807) is 21.3 Å². The van der Waals surface area contributed by atoms with Crippen molar-refractivity contribution in [3.63, 3.8) is 0 Å². The van der Waals surface area contributed by atoms with Crippen molar-refractivity contribution in [2.75, 3.05) is 34.4 Å². The Morgan fingerprint density at radius 2 is 1.56 bits per heavy atom. The fourth-order valence-electron chi connectivity index (χ4n) is 2.81.